The zero-order valence-corrected chi connectivity index (χ0v) is 5.19. The van der Waals surface area contributed by atoms with Crippen LogP contribution in [0.3, 0.4) is 0 Å². The maximum atomic E-state index is 10.1. The summed E-state index contributed by atoms with van der Waals surface area (Å²) in [6, 6.07) is -0.848. The second kappa shape index (κ2) is 2.53. The molecule has 10 heavy (non-hydrogen) atoms. The van der Waals surface area contributed by atoms with E-state index in [-0.39, 0.29) is 12.5 Å². The lowest BCUT2D eigenvalue weighted by Crippen LogP contribution is -2.13. The van der Waals surface area contributed by atoms with E-state index in [1.807, 2.05) is 0 Å². The Bertz CT molecular complexity index is 147. The summed E-state index contributed by atoms with van der Waals surface area (Å²) in [7, 11) is 0. The van der Waals surface area contributed by atoms with Gasteiger partial charge in [0.05, 0.1) is 0 Å². The number of nitrogens with one attached hydrogen (secondary N) is 1. The van der Waals surface area contributed by atoms with Crippen molar-refractivity contribution in [1.82, 2.24) is 5.32 Å². The van der Waals surface area contributed by atoms with E-state index in [0.717, 1.165) is 0 Å². The van der Waals surface area contributed by atoms with Crippen LogP contribution in [0, 0.1) is 0 Å². The standard InChI is InChI=1S/C5H9NO4/c7-3(8)1-2-4(6-2)5(9)10/h2-4,6-8H,1H2,(H,9,10). The second-order valence-corrected chi connectivity index (χ2v) is 2.31. The van der Waals surface area contributed by atoms with Gasteiger partial charge in [0, 0.05) is 12.5 Å². The minimum absolute atomic E-state index is 0.0803. The largest absolute Gasteiger partial charge is 0.480 e. The first-order valence-corrected chi connectivity index (χ1v) is 2.96. The van der Waals surface area contributed by atoms with Crippen LogP contribution in [0.4, 0.5) is 0 Å². The smallest absolute Gasteiger partial charge is 0.322 e. The van der Waals surface area contributed by atoms with E-state index < -0.39 is 18.3 Å². The molecule has 0 aromatic carbocycles. The molecule has 1 fully saturated rings. The Kier molecular flexibility index (Phi) is 1.89. The van der Waals surface area contributed by atoms with Gasteiger partial charge in [-0.15, -0.1) is 0 Å². The molecule has 0 spiro atoms. The van der Waals surface area contributed by atoms with Crippen molar-refractivity contribution in [2.75, 3.05) is 0 Å². The number of rotatable bonds is 3. The Labute approximate surface area is 57.3 Å². The molecule has 5 heteroatoms. The van der Waals surface area contributed by atoms with Gasteiger partial charge in [-0.1, -0.05) is 0 Å². The zero-order valence-electron chi connectivity index (χ0n) is 5.19. The second-order valence-electron chi connectivity index (χ2n) is 2.31. The van der Waals surface area contributed by atoms with Crippen LogP contribution in [-0.2, 0) is 4.79 Å². The predicted octanol–water partition coefficient (Wildman–Crippen LogP) is -1.89. The van der Waals surface area contributed by atoms with E-state index in [1.165, 1.54) is 0 Å². The monoisotopic (exact) mass is 147 g/mol. The van der Waals surface area contributed by atoms with Crippen LogP contribution in [0.5, 0.6) is 0 Å². The third-order valence-electron chi connectivity index (χ3n) is 1.42. The topological polar surface area (TPSA) is 99.7 Å². The van der Waals surface area contributed by atoms with Crippen LogP contribution in [0.15, 0.2) is 0 Å². The molecular formula is C5H9NO4. The van der Waals surface area contributed by atoms with Crippen LogP contribution in [-0.4, -0.2) is 39.7 Å². The first-order valence-electron chi connectivity index (χ1n) is 2.96. The Morgan fingerprint density at radius 3 is 2.50 bits per heavy atom. The van der Waals surface area contributed by atoms with Gasteiger partial charge in [0.15, 0.2) is 6.29 Å². The normalized spacial score (nSPS) is 30.7. The highest BCUT2D eigenvalue weighted by Crippen LogP contribution is 2.15. The average molecular weight is 147 g/mol. The summed E-state index contributed by atoms with van der Waals surface area (Å²) < 4.78 is 0. The number of hydrogen-bond acceptors (Lipinski definition) is 4. The number of hydrogen-bond donors (Lipinski definition) is 4. The molecule has 0 radical (unpaired) electrons. The van der Waals surface area contributed by atoms with E-state index in [0.29, 0.717) is 0 Å². The highest BCUT2D eigenvalue weighted by atomic mass is 16.5. The number of carboxylic acids is 1. The summed E-state index contributed by atoms with van der Waals surface area (Å²) in [5.41, 5.74) is 0. The maximum Gasteiger partial charge on any atom is 0.322 e. The third kappa shape index (κ3) is 1.66. The Balaban J connectivity index is 2.20. The van der Waals surface area contributed by atoms with E-state index >= 15 is 0 Å². The molecule has 2 unspecified atom stereocenters. The summed E-state index contributed by atoms with van der Waals surface area (Å²) in [5.74, 6) is -0.939. The first kappa shape index (κ1) is 7.46. The van der Waals surface area contributed by atoms with Gasteiger partial charge in [-0.2, -0.15) is 0 Å². The van der Waals surface area contributed by atoms with E-state index in [1.54, 1.807) is 0 Å². The molecule has 0 bridgehead atoms. The molecule has 4 N–H and O–H groups in total. The minimum Gasteiger partial charge on any atom is -0.480 e. The number of aliphatic hydroxyl groups is 2. The molecule has 5 nitrogen and oxygen atoms in total. The summed E-state index contributed by atoms with van der Waals surface area (Å²) in [5, 5.41) is 27.7. The average Bonchev–Trinajstić information content (AvgIpc) is 2.43. The first-order chi connectivity index (χ1) is 4.61. The highest BCUT2D eigenvalue weighted by molar-refractivity contribution is 5.78. The maximum absolute atomic E-state index is 10.1. The van der Waals surface area contributed by atoms with E-state index in [4.69, 9.17) is 15.3 Å². The Morgan fingerprint density at radius 1 is 1.60 bits per heavy atom. The fourth-order valence-corrected chi connectivity index (χ4v) is 0.850. The summed E-state index contributed by atoms with van der Waals surface area (Å²) in [6.07, 6.45) is -1.33. The number of aliphatic carboxylic acids is 1. The molecule has 1 aliphatic heterocycles. The van der Waals surface area contributed by atoms with Crippen molar-refractivity contribution in [3.8, 4) is 0 Å². The molecule has 0 aromatic heterocycles. The molecule has 1 rings (SSSR count). The quantitative estimate of drug-likeness (QED) is 0.276. The Morgan fingerprint density at radius 2 is 2.20 bits per heavy atom. The van der Waals surface area contributed by atoms with Gasteiger partial charge in [-0.05, 0) is 0 Å². The van der Waals surface area contributed by atoms with Crippen molar-refractivity contribution >= 4 is 5.97 Å². The van der Waals surface area contributed by atoms with Crippen molar-refractivity contribution in [2.24, 2.45) is 0 Å². The van der Waals surface area contributed by atoms with Gasteiger partial charge in [-0.3, -0.25) is 10.1 Å². The van der Waals surface area contributed by atoms with Crippen molar-refractivity contribution < 1.29 is 20.1 Å². The number of carboxylic acid groups (broad SMARTS) is 1. The van der Waals surface area contributed by atoms with Gasteiger partial charge in [0.25, 0.3) is 0 Å². The molecular weight excluding hydrogens is 138 g/mol. The van der Waals surface area contributed by atoms with Crippen LogP contribution in [0.2, 0.25) is 0 Å². The lowest BCUT2D eigenvalue weighted by molar-refractivity contribution is -0.136. The molecule has 0 saturated carbocycles. The molecule has 1 aliphatic rings. The van der Waals surface area contributed by atoms with Crippen molar-refractivity contribution in [3.63, 3.8) is 0 Å². The van der Waals surface area contributed by atoms with Crippen LogP contribution in [0.1, 0.15) is 6.42 Å². The SMILES string of the molecule is O=C(O)C1NC1CC(O)O. The Hall–Kier alpha value is -0.650. The molecule has 0 aromatic rings. The lowest BCUT2D eigenvalue weighted by Gasteiger charge is -1.97. The van der Waals surface area contributed by atoms with Gasteiger partial charge < -0.3 is 15.3 Å². The number of aliphatic hydroxyl groups excluding tert-OH is 1. The van der Waals surface area contributed by atoms with Gasteiger partial charge in [0.1, 0.15) is 6.04 Å². The van der Waals surface area contributed by atoms with Gasteiger partial charge >= 0.3 is 5.97 Å². The molecule has 0 amide bonds. The third-order valence-corrected chi connectivity index (χ3v) is 1.42. The lowest BCUT2D eigenvalue weighted by atomic mass is 10.2. The molecule has 58 valence electrons. The molecule has 0 aliphatic carbocycles. The summed E-state index contributed by atoms with van der Waals surface area (Å²) in [6.45, 7) is 0. The van der Waals surface area contributed by atoms with Crippen LogP contribution in [0.25, 0.3) is 0 Å². The zero-order chi connectivity index (χ0) is 7.72. The van der Waals surface area contributed by atoms with Crippen molar-refractivity contribution in [3.05, 3.63) is 0 Å². The number of carbonyl (C=O) groups is 1. The minimum atomic E-state index is -1.41. The van der Waals surface area contributed by atoms with E-state index in [2.05, 4.69) is 5.32 Å². The van der Waals surface area contributed by atoms with E-state index in [9.17, 15) is 4.79 Å². The van der Waals surface area contributed by atoms with Gasteiger partial charge in [-0.25, -0.2) is 0 Å². The molecule has 1 heterocycles. The predicted molar refractivity (Wildman–Crippen MR) is 31.2 cm³/mol. The van der Waals surface area contributed by atoms with Crippen LogP contribution < -0.4 is 5.32 Å². The fraction of sp³-hybridized carbons (Fsp3) is 0.800. The van der Waals surface area contributed by atoms with Gasteiger partial charge in [0.2, 0.25) is 0 Å². The highest BCUT2D eigenvalue weighted by Gasteiger charge is 2.42. The molecule has 2 atom stereocenters. The summed E-state index contributed by atoms with van der Waals surface area (Å²) in [4.78, 5) is 10.1. The molecule has 1 saturated heterocycles. The van der Waals surface area contributed by atoms with Crippen LogP contribution >= 0.6 is 0 Å². The summed E-state index contributed by atoms with van der Waals surface area (Å²) >= 11 is 0. The van der Waals surface area contributed by atoms with Crippen molar-refractivity contribution in [1.29, 1.82) is 0 Å². The van der Waals surface area contributed by atoms with Crippen molar-refractivity contribution in [2.45, 2.75) is 24.8 Å². The fourth-order valence-electron chi connectivity index (χ4n) is 0.850.